The average molecular weight is 218 g/mol. The van der Waals surface area contributed by atoms with Crippen LogP contribution in [0.15, 0.2) is 0 Å². The quantitative estimate of drug-likeness (QED) is 0.667. The highest BCUT2D eigenvalue weighted by atomic mass is 16.1. The lowest BCUT2D eigenvalue weighted by Crippen LogP contribution is -2.36. The predicted octanol–water partition coefficient (Wildman–Crippen LogP) is 2.36. The molecule has 16 heavy (non-hydrogen) atoms. The fourth-order valence-corrected chi connectivity index (χ4v) is 3.35. The van der Waals surface area contributed by atoms with Crippen LogP contribution in [0.2, 0.25) is 0 Å². The minimum Gasteiger partial charge on any atom is -0.299 e. The number of hydrogen-bond donors (Lipinski definition) is 0. The standard InChI is InChI=1S/C14H18O2/c1-3-7-14(4-2)11-6-5-10(8-13(14)16)12(15)9-11/h2,10-11H,3,5-9H2,1H3/t10-,11-,14+/m1/s1. The first-order chi connectivity index (χ1) is 7.64. The molecule has 0 N–H and O–H groups in total. The molecule has 0 radical (unpaired) electrons. The normalized spacial score (nSPS) is 38.2. The van der Waals surface area contributed by atoms with E-state index in [2.05, 4.69) is 5.92 Å². The van der Waals surface area contributed by atoms with Gasteiger partial charge in [0, 0.05) is 18.8 Å². The van der Waals surface area contributed by atoms with Crippen molar-refractivity contribution in [2.75, 3.05) is 0 Å². The van der Waals surface area contributed by atoms with Crippen molar-refractivity contribution >= 4 is 11.6 Å². The Bertz CT molecular complexity index is 363. The third kappa shape index (κ3) is 1.50. The Balaban J connectivity index is 2.40. The van der Waals surface area contributed by atoms with E-state index in [0.717, 1.165) is 25.7 Å². The van der Waals surface area contributed by atoms with E-state index < -0.39 is 5.41 Å². The molecule has 0 aromatic carbocycles. The Morgan fingerprint density at radius 3 is 2.69 bits per heavy atom. The second-order valence-electron chi connectivity index (χ2n) is 5.13. The molecule has 2 nitrogen and oxygen atoms in total. The third-order valence-corrected chi connectivity index (χ3v) is 4.29. The van der Waals surface area contributed by atoms with Gasteiger partial charge in [-0.25, -0.2) is 0 Å². The molecule has 2 heteroatoms. The summed E-state index contributed by atoms with van der Waals surface area (Å²) >= 11 is 0. The average Bonchev–Trinajstić information content (AvgIpc) is 2.45. The lowest BCUT2D eigenvalue weighted by atomic mass is 9.67. The fraction of sp³-hybridized carbons (Fsp3) is 0.714. The summed E-state index contributed by atoms with van der Waals surface area (Å²) in [6, 6.07) is 0. The molecule has 3 fully saturated rings. The molecule has 86 valence electrons. The van der Waals surface area contributed by atoms with Gasteiger partial charge in [0.2, 0.25) is 0 Å². The van der Waals surface area contributed by atoms with E-state index in [0.29, 0.717) is 12.8 Å². The molecule has 0 aliphatic heterocycles. The highest BCUT2D eigenvalue weighted by Gasteiger charge is 2.50. The molecule has 0 unspecified atom stereocenters. The number of carbonyl (C=O) groups excluding carboxylic acids is 2. The van der Waals surface area contributed by atoms with Crippen LogP contribution in [0.1, 0.15) is 45.4 Å². The van der Waals surface area contributed by atoms with Gasteiger partial charge in [-0.1, -0.05) is 19.3 Å². The van der Waals surface area contributed by atoms with Crippen molar-refractivity contribution in [3.63, 3.8) is 0 Å². The molecule has 3 atom stereocenters. The molecule has 2 bridgehead atoms. The minimum absolute atomic E-state index is 0.0316. The zero-order chi connectivity index (χ0) is 11.8. The molecular weight excluding hydrogens is 200 g/mol. The summed E-state index contributed by atoms with van der Waals surface area (Å²) in [6.45, 7) is 2.05. The summed E-state index contributed by atoms with van der Waals surface area (Å²) in [5.74, 6) is 3.24. The van der Waals surface area contributed by atoms with Gasteiger partial charge in [0.25, 0.3) is 0 Å². The summed E-state index contributed by atoms with van der Waals surface area (Å²) in [5, 5.41) is 0. The lowest BCUT2D eigenvalue weighted by Gasteiger charge is -2.33. The summed E-state index contributed by atoms with van der Waals surface area (Å²) in [6.07, 6.45) is 10.0. The van der Waals surface area contributed by atoms with Gasteiger partial charge in [-0.2, -0.15) is 0 Å². The first-order valence-corrected chi connectivity index (χ1v) is 6.18. The van der Waals surface area contributed by atoms with Crippen LogP contribution in [0.3, 0.4) is 0 Å². The Morgan fingerprint density at radius 1 is 1.38 bits per heavy atom. The molecule has 0 aromatic heterocycles. The van der Waals surface area contributed by atoms with Gasteiger partial charge in [-0.05, 0) is 25.2 Å². The summed E-state index contributed by atoms with van der Waals surface area (Å²) in [7, 11) is 0. The molecule has 0 amide bonds. The maximum atomic E-state index is 12.3. The van der Waals surface area contributed by atoms with Gasteiger partial charge in [0.1, 0.15) is 5.78 Å². The van der Waals surface area contributed by atoms with Crippen molar-refractivity contribution in [1.82, 2.24) is 0 Å². The van der Waals surface area contributed by atoms with Gasteiger partial charge in [-0.3, -0.25) is 9.59 Å². The second kappa shape index (κ2) is 4.05. The fourth-order valence-electron chi connectivity index (χ4n) is 3.35. The van der Waals surface area contributed by atoms with Crippen LogP contribution in [0.5, 0.6) is 0 Å². The van der Waals surface area contributed by atoms with E-state index in [1.165, 1.54) is 0 Å². The topological polar surface area (TPSA) is 34.1 Å². The van der Waals surface area contributed by atoms with Crippen LogP contribution in [-0.4, -0.2) is 11.6 Å². The minimum atomic E-state index is -0.629. The number of Topliss-reactive ketones (excluding diaryl/α,β-unsaturated/α-hetero) is 2. The van der Waals surface area contributed by atoms with Crippen molar-refractivity contribution in [3.8, 4) is 12.3 Å². The van der Waals surface area contributed by atoms with E-state index in [9.17, 15) is 9.59 Å². The molecule has 0 spiro atoms. The van der Waals surface area contributed by atoms with E-state index in [1.54, 1.807) is 0 Å². The summed E-state index contributed by atoms with van der Waals surface area (Å²) < 4.78 is 0. The van der Waals surface area contributed by atoms with E-state index in [1.807, 2.05) is 6.92 Å². The molecule has 3 aliphatic carbocycles. The zero-order valence-corrected chi connectivity index (χ0v) is 9.79. The molecule has 3 aliphatic rings. The number of ketones is 2. The number of terminal acetylenes is 1. The molecule has 3 rings (SSSR count). The first kappa shape index (κ1) is 11.4. The molecule has 0 saturated heterocycles. The predicted molar refractivity (Wildman–Crippen MR) is 61.6 cm³/mol. The zero-order valence-electron chi connectivity index (χ0n) is 9.79. The van der Waals surface area contributed by atoms with E-state index in [-0.39, 0.29) is 23.4 Å². The Hall–Kier alpha value is -1.10. The largest absolute Gasteiger partial charge is 0.299 e. The van der Waals surface area contributed by atoms with Crippen molar-refractivity contribution in [2.24, 2.45) is 17.3 Å². The molecule has 0 heterocycles. The Labute approximate surface area is 96.8 Å². The molecular formula is C14H18O2. The number of fused-ring (bicyclic) bond motifs is 4. The number of hydrogen-bond acceptors (Lipinski definition) is 2. The first-order valence-electron chi connectivity index (χ1n) is 6.18. The van der Waals surface area contributed by atoms with Gasteiger partial charge in [0.15, 0.2) is 5.78 Å². The van der Waals surface area contributed by atoms with Gasteiger partial charge in [0.05, 0.1) is 5.41 Å². The van der Waals surface area contributed by atoms with Crippen LogP contribution in [0.4, 0.5) is 0 Å². The molecule has 0 aromatic rings. The third-order valence-electron chi connectivity index (χ3n) is 4.29. The second-order valence-corrected chi connectivity index (χ2v) is 5.13. The maximum absolute atomic E-state index is 12.3. The number of carbonyl (C=O) groups is 2. The van der Waals surface area contributed by atoms with Gasteiger partial charge < -0.3 is 0 Å². The van der Waals surface area contributed by atoms with Crippen LogP contribution in [0, 0.1) is 29.6 Å². The monoisotopic (exact) mass is 218 g/mol. The van der Waals surface area contributed by atoms with Crippen LogP contribution < -0.4 is 0 Å². The van der Waals surface area contributed by atoms with Crippen LogP contribution >= 0.6 is 0 Å². The van der Waals surface area contributed by atoms with Crippen molar-refractivity contribution in [2.45, 2.75) is 45.4 Å². The van der Waals surface area contributed by atoms with E-state index >= 15 is 0 Å². The Morgan fingerprint density at radius 2 is 2.12 bits per heavy atom. The molecule has 3 saturated carbocycles. The Kier molecular flexibility index (Phi) is 2.88. The van der Waals surface area contributed by atoms with Gasteiger partial charge >= 0.3 is 0 Å². The lowest BCUT2D eigenvalue weighted by molar-refractivity contribution is -0.128. The highest BCUT2D eigenvalue weighted by molar-refractivity contribution is 5.96. The van der Waals surface area contributed by atoms with Crippen LogP contribution in [-0.2, 0) is 9.59 Å². The van der Waals surface area contributed by atoms with Crippen molar-refractivity contribution in [3.05, 3.63) is 0 Å². The summed E-state index contributed by atoms with van der Waals surface area (Å²) in [5.41, 5.74) is -0.629. The van der Waals surface area contributed by atoms with E-state index in [4.69, 9.17) is 6.42 Å². The SMILES string of the molecule is C#C[C@@]1(CCC)C(=O)C[C@H]2CC[C@@H]1CC2=O. The summed E-state index contributed by atoms with van der Waals surface area (Å²) in [4.78, 5) is 24.1. The highest BCUT2D eigenvalue weighted by Crippen LogP contribution is 2.48. The van der Waals surface area contributed by atoms with Gasteiger partial charge in [-0.15, -0.1) is 6.42 Å². The van der Waals surface area contributed by atoms with Crippen molar-refractivity contribution in [1.29, 1.82) is 0 Å². The number of rotatable bonds is 2. The van der Waals surface area contributed by atoms with Crippen molar-refractivity contribution < 1.29 is 9.59 Å². The maximum Gasteiger partial charge on any atom is 0.151 e. The van der Waals surface area contributed by atoms with Crippen LogP contribution in [0.25, 0.3) is 0 Å². The smallest absolute Gasteiger partial charge is 0.151 e.